The Hall–Kier alpha value is -3.74. The van der Waals surface area contributed by atoms with Crippen LogP contribution in [0.1, 0.15) is 19.5 Å². The predicted octanol–water partition coefficient (Wildman–Crippen LogP) is 4.87. The lowest BCUT2D eigenvalue weighted by molar-refractivity contribution is 0.459. The summed E-state index contributed by atoms with van der Waals surface area (Å²) in [6.07, 6.45) is 4.78. The molecule has 0 aliphatic heterocycles. The molecule has 0 bridgehead atoms. The summed E-state index contributed by atoms with van der Waals surface area (Å²) < 4.78 is 5.68. The number of nitrogens with one attached hydrogen (secondary N) is 1. The van der Waals surface area contributed by atoms with Gasteiger partial charge in [0.15, 0.2) is 0 Å². The Kier molecular flexibility index (Phi) is 5.96. The number of hydrogen-bond donors (Lipinski definition) is 2. The number of nitrogens with two attached hydrogens (primary N) is 1. The maximum Gasteiger partial charge on any atom is 0.237 e. The highest BCUT2D eigenvalue weighted by Crippen LogP contribution is 2.26. The molecule has 0 saturated carbocycles. The van der Waals surface area contributed by atoms with Crippen molar-refractivity contribution in [1.82, 2.24) is 19.9 Å². The summed E-state index contributed by atoms with van der Waals surface area (Å²) in [6, 6.07) is 13.0. The number of benzene rings is 2. The minimum atomic E-state index is 0.452. The minimum Gasteiger partial charge on any atom is -0.438 e. The summed E-state index contributed by atoms with van der Waals surface area (Å²) in [7, 11) is 0. The summed E-state index contributed by atoms with van der Waals surface area (Å²) in [6.45, 7) is 5.88. The number of nitrogen functional groups attached to an aromatic ring is 1. The van der Waals surface area contributed by atoms with Crippen molar-refractivity contribution in [2.45, 2.75) is 20.8 Å². The van der Waals surface area contributed by atoms with Gasteiger partial charge in [-0.2, -0.15) is 0 Å². The molecule has 142 valence electrons. The second-order valence-electron chi connectivity index (χ2n) is 5.75. The molecule has 28 heavy (non-hydrogen) atoms. The molecule has 7 nitrogen and oxygen atoms in total. The SMILES string of the molecule is CC.Cc1cnc(Oc2ccc(Nc3ncnc4ccc(N)cc34)cc2)cn1. The smallest absolute Gasteiger partial charge is 0.237 e. The van der Waals surface area contributed by atoms with E-state index in [1.165, 1.54) is 6.33 Å². The monoisotopic (exact) mass is 374 g/mol. The van der Waals surface area contributed by atoms with Crippen LogP contribution in [0.4, 0.5) is 17.2 Å². The number of ether oxygens (including phenoxy) is 1. The fourth-order valence-electron chi connectivity index (χ4n) is 2.47. The molecule has 7 heteroatoms. The van der Waals surface area contributed by atoms with Crippen molar-refractivity contribution in [1.29, 1.82) is 0 Å². The van der Waals surface area contributed by atoms with E-state index >= 15 is 0 Å². The van der Waals surface area contributed by atoms with Gasteiger partial charge < -0.3 is 15.8 Å². The van der Waals surface area contributed by atoms with Crippen LogP contribution in [-0.2, 0) is 0 Å². The molecular formula is C21H22N6O. The average molecular weight is 374 g/mol. The van der Waals surface area contributed by atoms with Crippen molar-refractivity contribution in [3.8, 4) is 11.6 Å². The lowest BCUT2D eigenvalue weighted by Crippen LogP contribution is -1.97. The van der Waals surface area contributed by atoms with Gasteiger partial charge in [-0.15, -0.1) is 0 Å². The van der Waals surface area contributed by atoms with Crippen molar-refractivity contribution in [3.63, 3.8) is 0 Å². The third-order valence-corrected chi connectivity index (χ3v) is 3.76. The molecule has 0 amide bonds. The van der Waals surface area contributed by atoms with Gasteiger partial charge >= 0.3 is 0 Å². The zero-order chi connectivity index (χ0) is 19.9. The van der Waals surface area contributed by atoms with E-state index in [4.69, 9.17) is 10.5 Å². The lowest BCUT2D eigenvalue weighted by Gasteiger charge is -2.10. The minimum absolute atomic E-state index is 0.452. The first-order valence-corrected chi connectivity index (χ1v) is 9.01. The quantitative estimate of drug-likeness (QED) is 0.491. The number of hydrogen-bond acceptors (Lipinski definition) is 7. The third-order valence-electron chi connectivity index (χ3n) is 3.76. The molecule has 0 radical (unpaired) electrons. The highest BCUT2D eigenvalue weighted by molar-refractivity contribution is 5.92. The Morgan fingerprint density at radius 3 is 2.39 bits per heavy atom. The van der Waals surface area contributed by atoms with Gasteiger partial charge in [0.25, 0.3) is 0 Å². The molecule has 0 fully saturated rings. The van der Waals surface area contributed by atoms with Gasteiger partial charge in [0.1, 0.15) is 17.9 Å². The van der Waals surface area contributed by atoms with Crippen LogP contribution in [0.25, 0.3) is 10.9 Å². The molecule has 2 aromatic carbocycles. The molecule has 3 N–H and O–H groups in total. The maximum atomic E-state index is 5.88. The molecule has 0 saturated heterocycles. The van der Waals surface area contributed by atoms with Gasteiger partial charge in [0, 0.05) is 16.8 Å². The van der Waals surface area contributed by atoms with Gasteiger partial charge in [-0.05, 0) is 49.4 Å². The molecule has 4 rings (SSSR count). The van der Waals surface area contributed by atoms with E-state index < -0.39 is 0 Å². The zero-order valence-corrected chi connectivity index (χ0v) is 16.0. The Bertz CT molecular complexity index is 1050. The third kappa shape index (κ3) is 4.50. The number of rotatable bonds is 4. The Labute approximate surface area is 163 Å². The molecule has 0 unspecified atom stereocenters. The van der Waals surface area contributed by atoms with E-state index in [-0.39, 0.29) is 0 Å². The van der Waals surface area contributed by atoms with Crippen LogP contribution in [0.2, 0.25) is 0 Å². The predicted molar refractivity (Wildman–Crippen MR) is 112 cm³/mol. The normalized spacial score (nSPS) is 10.1. The van der Waals surface area contributed by atoms with E-state index in [1.807, 2.05) is 63.2 Å². The van der Waals surface area contributed by atoms with E-state index in [9.17, 15) is 0 Å². The second-order valence-corrected chi connectivity index (χ2v) is 5.75. The first-order valence-electron chi connectivity index (χ1n) is 9.01. The number of aromatic nitrogens is 4. The van der Waals surface area contributed by atoms with Crippen LogP contribution < -0.4 is 15.8 Å². The first-order chi connectivity index (χ1) is 13.7. The molecular weight excluding hydrogens is 352 g/mol. The number of anilines is 3. The Balaban J connectivity index is 0.00000109. The topological polar surface area (TPSA) is 98.8 Å². The standard InChI is InChI=1S/C19H16N6O.C2H6/c1-12-9-22-18(10-21-12)26-15-5-3-14(4-6-15)25-19-16-8-13(20)2-7-17(16)23-11-24-19;1-2/h2-11H,20H2,1H3,(H,23,24,25);1-2H3. The summed E-state index contributed by atoms with van der Waals surface area (Å²) in [5.41, 5.74) is 9.08. The van der Waals surface area contributed by atoms with Crippen LogP contribution in [0.3, 0.4) is 0 Å². The van der Waals surface area contributed by atoms with Crippen LogP contribution in [-0.4, -0.2) is 19.9 Å². The summed E-state index contributed by atoms with van der Waals surface area (Å²) in [5.74, 6) is 1.82. The summed E-state index contributed by atoms with van der Waals surface area (Å²) in [5, 5.41) is 4.15. The average Bonchev–Trinajstić information content (AvgIpc) is 2.73. The van der Waals surface area contributed by atoms with Crippen LogP contribution >= 0.6 is 0 Å². The van der Waals surface area contributed by atoms with E-state index in [0.717, 1.165) is 22.3 Å². The van der Waals surface area contributed by atoms with Gasteiger partial charge in [0.05, 0.1) is 23.6 Å². The fourth-order valence-corrected chi connectivity index (χ4v) is 2.47. The largest absolute Gasteiger partial charge is 0.438 e. The molecule has 2 heterocycles. The second kappa shape index (κ2) is 8.77. The van der Waals surface area contributed by atoms with Gasteiger partial charge in [-0.3, -0.25) is 4.98 Å². The number of aryl methyl sites for hydroxylation is 1. The van der Waals surface area contributed by atoms with Crippen LogP contribution in [0.5, 0.6) is 11.6 Å². The molecule has 0 atom stereocenters. The summed E-state index contributed by atoms with van der Waals surface area (Å²) in [4.78, 5) is 16.9. The summed E-state index contributed by atoms with van der Waals surface area (Å²) >= 11 is 0. The molecule has 2 aromatic heterocycles. The van der Waals surface area contributed by atoms with Gasteiger partial charge in [0.2, 0.25) is 5.88 Å². The Morgan fingerprint density at radius 2 is 1.68 bits per heavy atom. The molecule has 0 aliphatic rings. The lowest BCUT2D eigenvalue weighted by atomic mass is 10.2. The van der Waals surface area contributed by atoms with Crippen LogP contribution in [0.15, 0.2) is 61.2 Å². The van der Waals surface area contributed by atoms with E-state index in [2.05, 4.69) is 25.3 Å². The van der Waals surface area contributed by atoms with Gasteiger partial charge in [-0.25, -0.2) is 15.0 Å². The first kappa shape index (κ1) is 19.0. The molecule has 0 aliphatic carbocycles. The van der Waals surface area contributed by atoms with Crippen LogP contribution in [0, 0.1) is 6.92 Å². The Morgan fingerprint density at radius 1 is 0.893 bits per heavy atom. The number of nitrogens with zero attached hydrogens (tertiary/aromatic N) is 4. The van der Waals surface area contributed by atoms with Crippen molar-refractivity contribution in [3.05, 3.63) is 66.9 Å². The van der Waals surface area contributed by atoms with Crippen molar-refractivity contribution < 1.29 is 4.74 Å². The van der Waals surface area contributed by atoms with E-state index in [1.54, 1.807) is 12.4 Å². The van der Waals surface area contributed by atoms with Crippen molar-refractivity contribution in [2.75, 3.05) is 11.1 Å². The highest BCUT2D eigenvalue weighted by atomic mass is 16.5. The number of fused-ring (bicyclic) bond motifs is 1. The fraction of sp³-hybridized carbons (Fsp3) is 0.143. The molecule has 4 aromatic rings. The molecule has 0 spiro atoms. The van der Waals surface area contributed by atoms with Crippen molar-refractivity contribution >= 4 is 28.1 Å². The zero-order valence-electron chi connectivity index (χ0n) is 16.0. The van der Waals surface area contributed by atoms with Crippen molar-refractivity contribution in [2.24, 2.45) is 0 Å². The maximum absolute atomic E-state index is 5.88. The van der Waals surface area contributed by atoms with Gasteiger partial charge in [-0.1, -0.05) is 13.8 Å². The highest BCUT2D eigenvalue weighted by Gasteiger charge is 2.05. The van der Waals surface area contributed by atoms with E-state index in [0.29, 0.717) is 23.1 Å².